The minimum Gasteiger partial charge on any atom is -0.416 e. The maximum atomic E-state index is 5.22. The molecule has 0 fully saturated rings. The Balaban J connectivity index is 2.65. The van der Waals surface area contributed by atoms with Crippen molar-refractivity contribution < 1.29 is 4.42 Å². The molecule has 0 saturated carbocycles. The maximum Gasteiger partial charge on any atom is 0.278 e. The largest absolute Gasteiger partial charge is 0.416 e. The number of aromatic nitrogens is 2. The molecule has 0 unspecified atom stereocenters. The lowest BCUT2D eigenvalue weighted by Crippen LogP contribution is -2.09. The molecule has 1 rings (SSSR count). The molecule has 0 bridgehead atoms. The summed E-state index contributed by atoms with van der Waals surface area (Å²) in [6, 6.07) is 0. The average Bonchev–Trinajstić information content (AvgIpc) is 2.10. The van der Waals surface area contributed by atoms with Gasteiger partial charge >= 0.3 is 0 Å². The molecule has 11 heavy (non-hydrogen) atoms. The van der Waals surface area contributed by atoms with Gasteiger partial charge < -0.3 is 4.42 Å². The molecule has 0 aliphatic rings. The maximum absolute atomic E-state index is 5.22. The SMILES string of the molecule is CC(C)(C)Cc1nnc(I)o1. The van der Waals surface area contributed by atoms with E-state index in [1.165, 1.54) is 0 Å². The van der Waals surface area contributed by atoms with E-state index in [9.17, 15) is 0 Å². The van der Waals surface area contributed by atoms with Gasteiger partial charge in [-0.25, -0.2) is 0 Å². The Morgan fingerprint density at radius 1 is 1.36 bits per heavy atom. The Morgan fingerprint density at radius 3 is 2.36 bits per heavy atom. The van der Waals surface area contributed by atoms with Crippen LogP contribution in [0.4, 0.5) is 0 Å². The lowest BCUT2D eigenvalue weighted by molar-refractivity contribution is 0.348. The third-order valence-electron chi connectivity index (χ3n) is 1.12. The third-order valence-corrected chi connectivity index (χ3v) is 1.56. The van der Waals surface area contributed by atoms with Crippen molar-refractivity contribution in [2.24, 2.45) is 5.41 Å². The van der Waals surface area contributed by atoms with Crippen LogP contribution in [0.2, 0.25) is 0 Å². The van der Waals surface area contributed by atoms with Gasteiger partial charge in [-0.05, 0) is 5.41 Å². The van der Waals surface area contributed by atoms with Crippen LogP contribution in [0, 0.1) is 9.31 Å². The first-order valence-corrected chi connectivity index (χ1v) is 4.53. The van der Waals surface area contributed by atoms with Crippen LogP contribution in [0.1, 0.15) is 26.7 Å². The molecule has 4 heteroatoms. The van der Waals surface area contributed by atoms with Gasteiger partial charge in [-0.15, -0.1) is 10.2 Å². The first-order chi connectivity index (χ1) is 4.97. The van der Waals surface area contributed by atoms with Gasteiger partial charge in [0.1, 0.15) is 0 Å². The Hall–Kier alpha value is -0.130. The summed E-state index contributed by atoms with van der Waals surface area (Å²) >= 11 is 2.01. The molecule has 1 heterocycles. The van der Waals surface area contributed by atoms with Crippen LogP contribution in [0.15, 0.2) is 4.42 Å². The highest BCUT2D eigenvalue weighted by atomic mass is 127. The van der Waals surface area contributed by atoms with Crippen LogP contribution in [0.25, 0.3) is 0 Å². The quantitative estimate of drug-likeness (QED) is 0.732. The van der Waals surface area contributed by atoms with E-state index in [0.29, 0.717) is 3.90 Å². The molecular formula is C7H11IN2O. The minimum absolute atomic E-state index is 0.218. The fourth-order valence-corrected chi connectivity index (χ4v) is 1.12. The van der Waals surface area contributed by atoms with Gasteiger partial charge in [-0.2, -0.15) is 0 Å². The number of hydrogen-bond acceptors (Lipinski definition) is 3. The van der Waals surface area contributed by atoms with Crippen LogP contribution < -0.4 is 0 Å². The number of rotatable bonds is 1. The fraction of sp³-hybridized carbons (Fsp3) is 0.714. The standard InChI is InChI=1S/C7H11IN2O/c1-7(2,3)4-5-9-10-6(8)11-5/h4H2,1-3H3. The molecule has 62 valence electrons. The van der Waals surface area contributed by atoms with Crippen molar-refractivity contribution in [2.75, 3.05) is 0 Å². The second kappa shape index (κ2) is 3.08. The van der Waals surface area contributed by atoms with Gasteiger partial charge in [0.15, 0.2) is 0 Å². The Morgan fingerprint density at radius 2 is 2.00 bits per heavy atom. The lowest BCUT2D eigenvalue weighted by Gasteiger charge is -2.13. The van der Waals surface area contributed by atoms with E-state index in [-0.39, 0.29) is 5.41 Å². The molecular weight excluding hydrogens is 255 g/mol. The highest BCUT2D eigenvalue weighted by molar-refractivity contribution is 14.1. The number of nitrogens with zero attached hydrogens (tertiary/aromatic N) is 2. The molecule has 1 aromatic rings. The van der Waals surface area contributed by atoms with Gasteiger partial charge in [0.2, 0.25) is 5.89 Å². The van der Waals surface area contributed by atoms with Gasteiger partial charge in [0.05, 0.1) is 0 Å². The van der Waals surface area contributed by atoms with Gasteiger partial charge in [0, 0.05) is 29.0 Å². The van der Waals surface area contributed by atoms with E-state index >= 15 is 0 Å². The minimum atomic E-state index is 0.218. The topological polar surface area (TPSA) is 38.9 Å². The van der Waals surface area contributed by atoms with Crippen molar-refractivity contribution in [1.82, 2.24) is 10.2 Å². The molecule has 3 nitrogen and oxygen atoms in total. The van der Waals surface area contributed by atoms with Crippen molar-refractivity contribution in [2.45, 2.75) is 27.2 Å². The zero-order valence-electron chi connectivity index (χ0n) is 6.89. The zero-order valence-corrected chi connectivity index (χ0v) is 9.05. The van der Waals surface area contributed by atoms with E-state index in [4.69, 9.17) is 4.42 Å². The first kappa shape index (κ1) is 8.96. The fourth-order valence-electron chi connectivity index (χ4n) is 0.758. The summed E-state index contributed by atoms with van der Waals surface area (Å²) < 4.78 is 5.84. The molecule has 0 aromatic carbocycles. The summed E-state index contributed by atoms with van der Waals surface area (Å²) in [7, 11) is 0. The molecule has 0 atom stereocenters. The Kier molecular flexibility index (Phi) is 2.51. The van der Waals surface area contributed by atoms with Crippen molar-refractivity contribution in [1.29, 1.82) is 0 Å². The van der Waals surface area contributed by atoms with E-state index in [1.807, 2.05) is 22.6 Å². The predicted molar refractivity (Wildman–Crippen MR) is 50.2 cm³/mol. The zero-order chi connectivity index (χ0) is 8.48. The number of halogens is 1. The van der Waals surface area contributed by atoms with Gasteiger partial charge in [-0.1, -0.05) is 20.8 Å². The monoisotopic (exact) mass is 266 g/mol. The van der Waals surface area contributed by atoms with E-state index in [2.05, 4.69) is 31.0 Å². The van der Waals surface area contributed by atoms with Gasteiger partial charge in [-0.3, -0.25) is 0 Å². The van der Waals surface area contributed by atoms with Crippen LogP contribution >= 0.6 is 22.6 Å². The smallest absolute Gasteiger partial charge is 0.278 e. The summed E-state index contributed by atoms with van der Waals surface area (Å²) in [6.07, 6.45) is 0.836. The van der Waals surface area contributed by atoms with Crippen molar-refractivity contribution in [3.8, 4) is 0 Å². The molecule has 0 amide bonds. The highest BCUT2D eigenvalue weighted by Gasteiger charge is 2.15. The van der Waals surface area contributed by atoms with Crippen LogP contribution in [-0.4, -0.2) is 10.2 Å². The molecule has 0 spiro atoms. The second-order valence-electron chi connectivity index (χ2n) is 3.69. The lowest BCUT2D eigenvalue weighted by atomic mass is 9.92. The molecule has 0 saturated heterocycles. The van der Waals surface area contributed by atoms with Crippen LogP contribution in [0.3, 0.4) is 0 Å². The van der Waals surface area contributed by atoms with Crippen molar-refractivity contribution >= 4 is 22.6 Å². The predicted octanol–water partition coefficient (Wildman–Crippen LogP) is 2.26. The molecule has 1 aromatic heterocycles. The van der Waals surface area contributed by atoms with E-state index < -0.39 is 0 Å². The van der Waals surface area contributed by atoms with Crippen LogP contribution in [-0.2, 0) is 6.42 Å². The second-order valence-corrected chi connectivity index (χ2v) is 4.61. The molecule has 0 aliphatic carbocycles. The third kappa shape index (κ3) is 3.18. The Labute approximate surface area is 79.7 Å². The normalized spacial score (nSPS) is 12.0. The van der Waals surface area contributed by atoms with Crippen LogP contribution in [0.5, 0.6) is 0 Å². The highest BCUT2D eigenvalue weighted by Crippen LogP contribution is 2.19. The average molecular weight is 266 g/mol. The van der Waals surface area contributed by atoms with Crippen molar-refractivity contribution in [3.05, 3.63) is 9.79 Å². The Bertz CT molecular complexity index is 239. The summed E-state index contributed by atoms with van der Waals surface area (Å²) in [5.74, 6) is 0.724. The molecule has 0 radical (unpaired) electrons. The van der Waals surface area contributed by atoms with E-state index in [1.54, 1.807) is 0 Å². The summed E-state index contributed by atoms with van der Waals surface area (Å²) in [6.45, 7) is 6.43. The number of hydrogen-bond donors (Lipinski definition) is 0. The summed E-state index contributed by atoms with van der Waals surface area (Å²) in [4.78, 5) is 0. The van der Waals surface area contributed by atoms with E-state index in [0.717, 1.165) is 12.3 Å². The van der Waals surface area contributed by atoms with Crippen molar-refractivity contribution in [3.63, 3.8) is 0 Å². The summed E-state index contributed by atoms with van der Waals surface area (Å²) in [5.41, 5.74) is 0.218. The molecule has 0 N–H and O–H groups in total. The summed E-state index contributed by atoms with van der Waals surface area (Å²) in [5, 5.41) is 7.65. The first-order valence-electron chi connectivity index (χ1n) is 3.45. The van der Waals surface area contributed by atoms with Gasteiger partial charge in [0.25, 0.3) is 3.90 Å². The molecule has 0 aliphatic heterocycles.